The number of anilines is 1. The average Bonchev–Trinajstić information content (AvgIpc) is 3.18. The summed E-state index contributed by atoms with van der Waals surface area (Å²) in [6.07, 6.45) is 0.736. The first-order valence-electron chi connectivity index (χ1n) is 10.7. The van der Waals surface area contributed by atoms with Crippen LogP contribution in [0.2, 0.25) is 0 Å². The summed E-state index contributed by atoms with van der Waals surface area (Å²) in [5, 5.41) is 19.8. The zero-order chi connectivity index (χ0) is 24.3. The van der Waals surface area contributed by atoms with E-state index in [-0.39, 0.29) is 28.7 Å². The summed E-state index contributed by atoms with van der Waals surface area (Å²) in [7, 11) is -4.08. The minimum atomic E-state index is -4.08. The van der Waals surface area contributed by atoms with Gasteiger partial charge < -0.3 is 14.6 Å². The number of alkyl halides is 2. The van der Waals surface area contributed by atoms with Crippen LogP contribution in [0.4, 0.5) is 14.5 Å². The van der Waals surface area contributed by atoms with Gasteiger partial charge in [-0.05, 0) is 32.8 Å². The lowest BCUT2D eigenvalue weighted by molar-refractivity contribution is 0.116. The van der Waals surface area contributed by atoms with Gasteiger partial charge in [0, 0.05) is 31.4 Å². The Morgan fingerprint density at radius 1 is 1.29 bits per heavy atom. The van der Waals surface area contributed by atoms with Crippen molar-refractivity contribution in [3.05, 3.63) is 24.4 Å². The van der Waals surface area contributed by atoms with Crippen molar-refractivity contribution in [1.29, 1.82) is 5.26 Å². The molecule has 14 heteroatoms. The molecule has 1 aliphatic carbocycles. The van der Waals surface area contributed by atoms with Crippen LogP contribution < -0.4 is 14.9 Å². The van der Waals surface area contributed by atoms with Crippen LogP contribution >= 0.6 is 0 Å². The van der Waals surface area contributed by atoms with E-state index in [2.05, 4.69) is 25.2 Å². The van der Waals surface area contributed by atoms with Crippen LogP contribution in [-0.2, 0) is 10.0 Å². The second-order valence-corrected chi connectivity index (χ2v) is 10.5. The molecule has 2 N–H and O–H groups in total. The Hall–Kier alpha value is -3.15. The fraction of sp³-hybridized carbons (Fsp3) is 0.500. The van der Waals surface area contributed by atoms with E-state index < -0.39 is 27.9 Å². The standard InChI is InChI=1S/C20H22F2N8O3S/c1-11-7-29(8-12(2)25-11)14-5-13(34(31,32)28-20(10-23)3-4-20)9-30-15(14)6-24-17(30)19-27-26-18(33-19)16(21)22/h5-6,9,11-12,16,25,28H,3-4,7-8H2,1-2H3/t11-,12-/m0/s1. The lowest BCUT2D eigenvalue weighted by Gasteiger charge is -2.38. The smallest absolute Gasteiger partial charge is 0.314 e. The number of hydrogen-bond acceptors (Lipinski definition) is 9. The van der Waals surface area contributed by atoms with Gasteiger partial charge in [0.2, 0.25) is 15.8 Å². The third-order valence-electron chi connectivity index (χ3n) is 5.92. The average molecular weight is 493 g/mol. The van der Waals surface area contributed by atoms with Gasteiger partial charge in [-0.1, -0.05) is 0 Å². The van der Waals surface area contributed by atoms with Crippen LogP contribution in [0.5, 0.6) is 0 Å². The number of fused-ring (bicyclic) bond motifs is 1. The highest BCUT2D eigenvalue weighted by molar-refractivity contribution is 7.89. The molecule has 1 saturated carbocycles. The van der Waals surface area contributed by atoms with Gasteiger partial charge >= 0.3 is 6.43 Å². The quantitative estimate of drug-likeness (QED) is 0.527. The molecule has 0 bridgehead atoms. The van der Waals surface area contributed by atoms with Crippen LogP contribution in [0.3, 0.4) is 0 Å². The summed E-state index contributed by atoms with van der Waals surface area (Å²) < 4.78 is 61.4. The Kier molecular flexibility index (Phi) is 5.30. The highest BCUT2D eigenvalue weighted by atomic mass is 32.2. The number of nitrogens with one attached hydrogen (secondary N) is 2. The molecule has 4 heterocycles. The van der Waals surface area contributed by atoms with Crippen molar-refractivity contribution in [1.82, 2.24) is 29.6 Å². The summed E-state index contributed by atoms with van der Waals surface area (Å²) in [5.74, 6) is -1.08. The van der Waals surface area contributed by atoms with E-state index in [1.807, 2.05) is 24.8 Å². The van der Waals surface area contributed by atoms with E-state index in [1.54, 1.807) is 6.07 Å². The van der Waals surface area contributed by atoms with Crippen molar-refractivity contribution in [3.8, 4) is 17.8 Å². The van der Waals surface area contributed by atoms with Gasteiger partial charge in [0.1, 0.15) is 10.4 Å². The molecule has 5 rings (SSSR count). The number of nitriles is 1. The van der Waals surface area contributed by atoms with Gasteiger partial charge in [-0.2, -0.15) is 18.8 Å². The van der Waals surface area contributed by atoms with E-state index in [1.165, 1.54) is 16.8 Å². The zero-order valence-corrected chi connectivity index (χ0v) is 19.2. The van der Waals surface area contributed by atoms with Crippen molar-refractivity contribution in [3.63, 3.8) is 0 Å². The van der Waals surface area contributed by atoms with Gasteiger partial charge in [0.25, 0.3) is 11.8 Å². The third kappa shape index (κ3) is 3.99. The molecule has 1 aliphatic heterocycles. The van der Waals surface area contributed by atoms with Gasteiger partial charge in [-0.25, -0.2) is 13.4 Å². The van der Waals surface area contributed by atoms with Gasteiger partial charge in [0.15, 0.2) is 0 Å². The summed E-state index contributed by atoms with van der Waals surface area (Å²) >= 11 is 0. The summed E-state index contributed by atoms with van der Waals surface area (Å²) in [4.78, 5) is 6.22. The van der Waals surface area contributed by atoms with Crippen molar-refractivity contribution in [2.24, 2.45) is 0 Å². The zero-order valence-electron chi connectivity index (χ0n) is 18.4. The number of aromatic nitrogens is 4. The molecule has 0 radical (unpaired) electrons. The third-order valence-corrected chi connectivity index (χ3v) is 7.42. The predicted octanol–water partition coefficient (Wildman–Crippen LogP) is 1.84. The molecule has 0 aromatic carbocycles. The van der Waals surface area contributed by atoms with Gasteiger partial charge in [0.05, 0.1) is 23.5 Å². The lowest BCUT2D eigenvalue weighted by atomic mass is 10.1. The van der Waals surface area contributed by atoms with Gasteiger partial charge in [-0.3, -0.25) is 4.40 Å². The lowest BCUT2D eigenvalue weighted by Crippen LogP contribution is -2.54. The predicted molar refractivity (Wildman–Crippen MR) is 116 cm³/mol. The highest BCUT2D eigenvalue weighted by Crippen LogP contribution is 2.37. The first-order chi connectivity index (χ1) is 16.1. The van der Waals surface area contributed by atoms with E-state index in [9.17, 15) is 22.5 Å². The molecular weight excluding hydrogens is 470 g/mol. The van der Waals surface area contributed by atoms with Crippen LogP contribution in [-0.4, -0.2) is 58.7 Å². The van der Waals surface area contributed by atoms with E-state index in [0.29, 0.717) is 37.1 Å². The normalized spacial score (nSPS) is 22.3. The Morgan fingerprint density at radius 3 is 2.59 bits per heavy atom. The highest BCUT2D eigenvalue weighted by Gasteiger charge is 2.47. The van der Waals surface area contributed by atoms with Gasteiger partial charge in [-0.15, -0.1) is 10.2 Å². The molecule has 2 atom stereocenters. The Labute approximate surface area is 193 Å². The van der Waals surface area contributed by atoms with Crippen LogP contribution in [0.15, 0.2) is 27.8 Å². The van der Waals surface area contributed by atoms with Crippen LogP contribution in [0.25, 0.3) is 17.2 Å². The number of halogens is 2. The molecule has 0 unspecified atom stereocenters. The number of imidazole rings is 1. The summed E-state index contributed by atoms with van der Waals surface area (Å²) in [6.45, 7) is 5.27. The Morgan fingerprint density at radius 2 is 2.00 bits per heavy atom. The van der Waals surface area contributed by atoms with Crippen molar-refractivity contribution < 1.29 is 21.6 Å². The van der Waals surface area contributed by atoms with Crippen LogP contribution in [0.1, 0.15) is 39.0 Å². The monoisotopic (exact) mass is 492 g/mol. The molecular formula is C20H22F2N8O3S. The molecule has 11 nitrogen and oxygen atoms in total. The number of rotatable bonds is 6. The molecule has 3 aromatic rings. The van der Waals surface area contributed by atoms with Crippen molar-refractivity contribution >= 4 is 21.2 Å². The molecule has 0 spiro atoms. The number of piperazine rings is 1. The molecule has 3 aromatic heterocycles. The Bertz CT molecular complexity index is 1380. The van der Waals surface area contributed by atoms with E-state index >= 15 is 0 Å². The van der Waals surface area contributed by atoms with Crippen molar-refractivity contribution in [2.75, 3.05) is 18.0 Å². The topological polar surface area (TPSA) is 141 Å². The fourth-order valence-corrected chi connectivity index (χ4v) is 5.62. The maximum Gasteiger partial charge on any atom is 0.314 e. The second kappa shape index (κ2) is 7.97. The Balaban J connectivity index is 1.67. The summed E-state index contributed by atoms with van der Waals surface area (Å²) in [5.41, 5.74) is 0.0355. The minimum Gasteiger partial charge on any atom is -0.412 e. The molecule has 0 amide bonds. The summed E-state index contributed by atoms with van der Waals surface area (Å²) in [6, 6.07) is 3.84. The number of sulfonamides is 1. The second-order valence-electron chi connectivity index (χ2n) is 8.82. The minimum absolute atomic E-state index is 0.0327. The number of hydrogen-bond donors (Lipinski definition) is 2. The first kappa shape index (κ1) is 22.6. The van der Waals surface area contributed by atoms with Crippen LogP contribution in [0, 0.1) is 11.3 Å². The SMILES string of the molecule is C[C@H]1CN(c2cc(S(=O)(=O)NC3(C#N)CC3)cn3c(-c4nnc(C(F)F)o4)ncc23)C[C@H](C)N1. The van der Waals surface area contributed by atoms with E-state index in [0.717, 1.165) is 0 Å². The van der Waals surface area contributed by atoms with Crippen molar-refractivity contribution in [2.45, 2.75) is 55.6 Å². The maximum absolute atomic E-state index is 13.2. The number of nitrogens with zero attached hydrogens (tertiary/aromatic N) is 6. The largest absolute Gasteiger partial charge is 0.412 e. The molecule has 34 heavy (non-hydrogen) atoms. The molecule has 2 aliphatic rings. The number of pyridine rings is 1. The first-order valence-corrected chi connectivity index (χ1v) is 12.2. The fourth-order valence-electron chi connectivity index (χ4n) is 4.23. The maximum atomic E-state index is 13.2. The molecule has 180 valence electrons. The van der Waals surface area contributed by atoms with E-state index in [4.69, 9.17) is 4.42 Å². The molecule has 2 fully saturated rings. The molecule has 1 saturated heterocycles.